The molecule has 1 N–H and O–H groups in total. The molecule has 0 fully saturated rings. The molecule has 0 unspecified atom stereocenters. The van der Waals surface area contributed by atoms with Crippen molar-refractivity contribution in [3.63, 3.8) is 0 Å². The summed E-state index contributed by atoms with van der Waals surface area (Å²) >= 11 is 0. The summed E-state index contributed by atoms with van der Waals surface area (Å²) in [5.74, 6) is 0.260. The molecule has 1 aromatic carbocycles. The summed E-state index contributed by atoms with van der Waals surface area (Å²) in [5, 5.41) is 9.15. The standard InChI is InChI=1S/C12H16F3NO4S/c1-3-16(8-12(13,14)15)21(18,19)10-4-5-11(20-2)9(6-10)7-17/h4-6,17H,3,7-8H2,1-2H3. The zero-order valence-corrected chi connectivity index (χ0v) is 12.3. The summed E-state index contributed by atoms with van der Waals surface area (Å²) < 4.78 is 67.0. The Balaban J connectivity index is 3.23. The lowest BCUT2D eigenvalue weighted by Gasteiger charge is -2.22. The lowest BCUT2D eigenvalue weighted by atomic mass is 10.2. The molecular weight excluding hydrogens is 311 g/mol. The van der Waals surface area contributed by atoms with Crippen molar-refractivity contribution in [1.29, 1.82) is 0 Å². The van der Waals surface area contributed by atoms with E-state index >= 15 is 0 Å². The monoisotopic (exact) mass is 327 g/mol. The molecule has 0 aliphatic heterocycles. The Morgan fingerprint density at radius 1 is 1.33 bits per heavy atom. The Morgan fingerprint density at radius 3 is 2.38 bits per heavy atom. The summed E-state index contributed by atoms with van der Waals surface area (Å²) in [6.45, 7) is -1.05. The van der Waals surface area contributed by atoms with Gasteiger partial charge in [-0.05, 0) is 18.2 Å². The smallest absolute Gasteiger partial charge is 0.402 e. The number of hydrogen-bond donors (Lipinski definition) is 1. The third-order valence-electron chi connectivity index (χ3n) is 2.77. The number of halogens is 3. The summed E-state index contributed by atoms with van der Waals surface area (Å²) in [6, 6.07) is 3.54. The fourth-order valence-electron chi connectivity index (χ4n) is 1.75. The number of alkyl halides is 3. The van der Waals surface area contributed by atoms with E-state index in [0.717, 1.165) is 12.1 Å². The van der Waals surface area contributed by atoms with Gasteiger partial charge in [-0.2, -0.15) is 17.5 Å². The number of ether oxygens (including phenoxy) is 1. The van der Waals surface area contributed by atoms with E-state index in [-0.39, 0.29) is 22.8 Å². The van der Waals surface area contributed by atoms with Gasteiger partial charge >= 0.3 is 6.18 Å². The lowest BCUT2D eigenvalue weighted by molar-refractivity contribution is -0.135. The lowest BCUT2D eigenvalue weighted by Crippen LogP contribution is -2.38. The van der Waals surface area contributed by atoms with E-state index in [2.05, 4.69) is 0 Å². The Hall–Kier alpha value is -1.32. The fraction of sp³-hybridized carbons (Fsp3) is 0.500. The summed E-state index contributed by atoms with van der Waals surface area (Å²) in [6.07, 6.45) is -4.63. The molecule has 0 aliphatic rings. The first-order valence-corrected chi connectivity index (χ1v) is 7.44. The molecule has 0 radical (unpaired) electrons. The molecule has 0 heterocycles. The van der Waals surface area contributed by atoms with Gasteiger partial charge in [0.15, 0.2) is 0 Å². The van der Waals surface area contributed by atoms with E-state index in [1.807, 2.05) is 0 Å². The van der Waals surface area contributed by atoms with E-state index < -0.39 is 29.4 Å². The Labute approximate surface area is 121 Å². The van der Waals surface area contributed by atoms with Gasteiger partial charge in [0.1, 0.15) is 12.3 Å². The van der Waals surface area contributed by atoms with Gasteiger partial charge in [0.2, 0.25) is 10.0 Å². The largest absolute Gasteiger partial charge is 0.496 e. The molecule has 120 valence electrons. The maximum Gasteiger partial charge on any atom is 0.402 e. The minimum atomic E-state index is -4.63. The van der Waals surface area contributed by atoms with Gasteiger partial charge in [0.25, 0.3) is 0 Å². The van der Waals surface area contributed by atoms with Crippen molar-refractivity contribution >= 4 is 10.0 Å². The molecule has 9 heteroatoms. The first kappa shape index (κ1) is 17.7. The van der Waals surface area contributed by atoms with Crippen molar-refractivity contribution in [2.45, 2.75) is 24.6 Å². The molecular formula is C12H16F3NO4S. The van der Waals surface area contributed by atoms with Crippen molar-refractivity contribution in [3.8, 4) is 5.75 Å². The number of aliphatic hydroxyl groups is 1. The van der Waals surface area contributed by atoms with Crippen LogP contribution in [0.3, 0.4) is 0 Å². The van der Waals surface area contributed by atoms with Crippen LogP contribution in [0.1, 0.15) is 12.5 Å². The molecule has 0 saturated heterocycles. The molecule has 0 amide bonds. The Morgan fingerprint density at radius 2 is 1.95 bits per heavy atom. The van der Waals surface area contributed by atoms with Gasteiger partial charge in [0, 0.05) is 12.1 Å². The van der Waals surface area contributed by atoms with Crippen LogP contribution in [-0.2, 0) is 16.6 Å². The van der Waals surface area contributed by atoms with Crippen LogP contribution in [0.5, 0.6) is 5.75 Å². The predicted octanol–water partition coefficient (Wildman–Crippen LogP) is 1.76. The Bertz CT molecular complexity index is 587. The third-order valence-corrected chi connectivity index (χ3v) is 4.69. The number of benzene rings is 1. The zero-order valence-electron chi connectivity index (χ0n) is 11.5. The van der Waals surface area contributed by atoms with Crippen molar-refractivity contribution in [1.82, 2.24) is 4.31 Å². The highest BCUT2D eigenvalue weighted by Crippen LogP contribution is 2.26. The molecule has 0 spiro atoms. The van der Waals surface area contributed by atoms with E-state index in [1.54, 1.807) is 0 Å². The number of aliphatic hydroxyl groups excluding tert-OH is 1. The van der Waals surface area contributed by atoms with Crippen LogP contribution in [0, 0.1) is 0 Å². The van der Waals surface area contributed by atoms with E-state index in [9.17, 15) is 21.6 Å². The SMILES string of the molecule is CCN(CC(F)(F)F)S(=O)(=O)c1ccc(OC)c(CO)c1. The highest BCUT2D eigenvalue weighted by Gasteiger charge is 2.36. The van der Waals surface area contributed by atoms with Crippen LogP contribution in [0.15, 0.2) is 23.1 Å². The zero-order chi connectivity index (χ0) is 16.3. The fourth-order valence-corrected chi connectivity index (χ4v) is 3.24. The first-order chi connectivity index (χ1) is 9.65. The third kappa shape index (κ3) is 4.32. The van der Waals surface area contributed by atoms with Crippen LogP contribution in [-0.4, -0.2) is 44.2 Å². The molecule has 0 saturated carbocycles. The van der Waals surface area contributed by atoms with Crippen LogP contribution in [0.2, 0.25) is 0 Å². The normalized spacial score (nSPS) is 12.7. The van der Waals surface area contributed by atoms with Gasteiger partial charge in [-0.15, -0.1) is 0 Å². The first-order valence-electron chi connectivity index (χ1n) is 6.00. The van der Waals surface area contributed by atoms with Gasteiger partial charge < -0.3 is 9.84 Å². The summed E-state index contributed by atoms with van der Waals surface area (Å²) in [5.41, 5.74) is 0.182. The van der Waals surface area contributed by atoms with E-state index in [0.29, 0.717) is 4.31 Å². The van der Waals surface area contributed by atoms with Gasteiger partial charge in [-0.3, -0.25) is 0 Å². The van der Waals surface area contributed by atoms with Crippen molar-refractivity contribution in [2.75, 3.05) is 20.2 Å². The minimum absolute atomic E-state index is 0.182. The number of sulfonamides is 1. The Kier molecular flexibility index (Phi) is 5.60. The second-order valence-corrected chi connectivity index (χ2v) is 6.12. The number of nitrogens with zero attached hydrogens (tertiary/aromatic N) is 1. The molecule has 0 aliphatic carbocycles. The van der Waals surface area contributed by atoms with Crippen LogP contribution < -0.4 is 4.74 Å². The molecule has 0 bridgehead atoms. The minimum Gasteiger partial charge on any atom is -0.496 e. The molecule has 0 aromatic heterocycles. The van der Waals surface area contributed by atoms with Crippen molar-refractivity contribution in [2.24, 2.45) is 0 Å². The molecule has 5 nitrogen and oxygen atoms in total. The maximum absolute atomic E-state index is 12.4. The highest BCUT2D eigenvalue weighted by atomic mass is 32.2. The van der Waals surface area contributed by atoms with Gasteiger partial charge in [-0.25, -0.2) is 8.42 Å². The summed E-state index contributed by atoms with van der Waals surface area (Å²) in [4.78, 5) is -0.321. The predicted molar refractivity (Wildman–Crippen MR) is 69.4 cm³/mol. The van der Waals surface area contributed by atoms with Crippen LogP contribution in [0.4, 0.5) is 13.2 Å². The van der Waals surface area contributed by atoms with E-state index in [1.165, 1.54) is 20.1 Å². The van der Waals surface area contributed by atoms with Crippen molar-refractivity contribution in [3.05, 3.63) is 23.8 Å². The summed E-state index contributed by atoms with van der Waals surface area (Å²) in [7, 11) is -2.96. The maximum atomic E-state index is 12.4. The molecule has 0 atom stereocenters. The molecule has 1 rings (SSSR count). The topological polar surface area (TPSA) is 66.8 Å². The quantitative estimate of drug-likeness (QED) is 0.864. The highest BCUT2D eigenvalue weighted by molar-refractivity contribution is 7.89. The second kappa shape index (κ2) is 6.63. The van der Waals surface area contributed by atoms with Crippen molar-refractivity contribution < 1.29 is 31.4 Å². The molecule has 1 aromatic rings. The average Bonchev–Trinajstić information content (AvgIpc) is 2.42. The average molecular weight is 327 g/mol. The van der Waals surface area contributed by atoms with Crippen LogP contribution in [0.25, 0.3) is 0 Å². The van der Waals surface area contributed by atoms with Crippen LogP contribution >= 0.6 is 0 Å². The number of rotatable bonds is 6. The molecule has 21 heavy (non-hydrogen) atoms. The second-order valence-electron chi connectivity index (χ2n) is 4.18. The number of hydrogen-bond acceptors (Lipinski definition) is 4. The van der Waals surface area contributed by atoms with Gasteiger partial charge in [-0.1, -0.05) is 6.92 Å². The van der Waals surface area contributed by atoms with E-state index in [4.69, 9.17) is 9.84 Å². The van der Waals surface area contributed by atoms with Gasteiger partial charge in [0.05, 0.1) is 18.6 Å². The number of methoxy groups -OCH3 is 1.